The number of hydrogen-bond donors (Lipinski definition) is 1. The second-order valence-electron chi connectivity index (χ2n) is 4.29. The summed E-state index contributed by atoms with van der Waals surface area (Å²) in [6, 6.07) is 11.1. The van der Waals surface area contributed by atoms with E-state index < -0.39 is 11.9 Å². The number of carbonyl (C=O) groups is 1. The van der Waals surface area contributed by atoms with Gasteiger partial charge in [0.1, 0.15) is 5.92 Å². The molecular formula is C14H13BrN2O2. The number of benzene rings is 1. The van der Waals surface area contributed by atoms with E-state index >= 15 is 0 Å². The van der Waals surface area contributed by atoms with Crippen molar-refractivity contribution in [1.29, 1.82) is 0 Å². The van der Waals surface area contributed by atoms with E-state index in [4.69, 9.17) is 0 Å². The number of hydrogen-bond acceptors (Lipinski definition) is 3. The standard InChI is InChI=1S/C14H13BrN2O2/c1-9-6-7-13(17-16-9)11(14(18)19)8-10-4-2-3-5-12(10)15/h2-7,11H,8H2,1H3,(H,18,19). The van der Waals surface area contributed by atoms with Crippen molar-refractivity contribution < 1.29 is 9.90 Å². The molecule has 5 heteroatoms. The van der Waals surface area contributed by atoms with E-state index in [0.717, 1.165) is 15.7 Å². The van der Waals surface area contributed by atoms with Gasteiger partial charge in [-0.25, -0.2) is 0 Å². The molecule has 19 heavy (non-hydrogen) atoms. The van der Waals surface area contributed by atoms with Gasteiger partial charge >= 0.3 is 5.97 Å². The van der Waals surface area contributed by atoms with Crippen LogP contribution in [0.1, 0.15) is 22.9 Å². The van der Waals surface area contributed by atoms with Crippen molar-refractivity contribution in [3.05, 3.63) is 57.8 Å². The Morgan fingerprint density at radius 3 is 2.58 bits per heavy atom. The first-order chi connectivity index (χ1) is 9.08. The second kappa shape index (κ2) is 5.93. The maximum atomic E-state index is 11.4. The third-order valence-electron chi connectivity index (χ3n) is 2.86. The molecule has 1 aromatic carbocycles. The van der Waals surface area contributed by atoms with Crippen LogP contribution in [0.15, 0.2) is 40.9 Å². The Morgan fingerprint density at radius 1 is 1.26 bits per heavy atom. The lowest BCUT2D eigenvalue weighted by Crippen LogP contribution is -2.16. The van der Waals surface area contributed by atoms with Crippen LogP contribution < -0.4 is 0 Å². The number of carboxylic acids is 1. The van der Waals surface area contributed by atoms with Crippen LogP contribution in [0, 0.1) is 6.92 Å². The van der Waals surface area contributed by atoms with Crippen LogP contribution in [-0.4, -0.2) is 21.3 Å². The summed E-state index contributed by atoms with van der Waals surface area (Å²) in [7, 11) is 0. The van der Waals surface area contributed by atoms with Gasteiger partial charge in [-0.2, -0.15) is 10.2 Å². The van der Waals surface area contributed by atoms with Crippen LogP contribution in [-0.2, 0) is 11.2 Å². The third-order valence-corrected chi connectivity index (χ3v) is 3.63. The van der Waals surface area contributed by atoms with Crippen molar-refractivity contribution >= 4 is 21.9 Å². The van der Waals surface area contributed by atoms with Gasteiger partial charge in [-0.15, -0.1) is 0 Å². The molecular weight excluding hydrogens is 308 g/mol. The van der Waals surface area contributed by atoms with E-state index in [1.54, 1.807) is 12.1 Å². The summed E-state index contributed by atoms with van der Waals surface area (Å²) >= 11 is 3.43. The maximum Gasteiger partial charge on any atom is 0.313 e. The molecule has 1 N–H and O–H groups in total. The van der Waals surface area contributed by atoms with Crippen molar-refractivity contribution in [3.63, 3.8) is 0 Å². The van der Waals surface area contributed by atoms with Crippen LogP contribution in [0.5, 0.6) is 0 Å². The molecule has 0 aliphatic carbocycles. The largest absolute Gasteiger partial charge is 0.481 e. The van der Waals surface area contributed by atoms with Crippen molar-refractivity contribution in [1.82, 2.24) is 10.2 Å². The van der Waals surface area contributed by atoms with Crippen molar-refractivity contribution in [2.24, 2.45) is 0 Å². The minimum atomic E-state index is -0.895. The first kappa shape index (κ1) is 13.7. The molecule has 1 atom stereocenters. The predicted molar refractivity (Wildman–Crippen MR) is 75.0 cm³/mol. The molecule has 0 bridgehead atoms. The Bertz CT molecular complexity index is 584. The van der Waals surface area contributed by atoms with Gasteiger partial charge in [-0.3, -0.25) is 4.79 Å². The molecule has 2 aromatic rings. The Balaban J connectivity index is 2.29. The predicted octanol–water partition coefficient (Wildman–Crippen LogP) is 2.96. The average Bonchev–Trinajstić information content (AvgIpc) is 2.39. The Labute approximate surface area is 119 Å². The average molecular weight is 321 g/mol. The van der Waals surface area contributed by atoms with E-state index in [9.17, 15) is 9.90 Å². The van der Waals surface area contributed by atoms with Crippen molar-refractivity contribution in [3.8, 4) is 0 Å². The molecule has 0 radical (unpaired) electrons. The van der Waals surface area contributed by atoms with E-state index in [1.165, 1.54) is 0 Å². The van der Waals surface area contributed by atoms with Crippen LogP contribution >= 0.6 is 15.9 Å². The number of aromatic nitrogens is 2. The molecule has 0 fully saturated rings. The zero-order valence-electron chi connectivity index (χ0n) is 10.4. The number of aryl methyl sites for hydroxylation is 1. The SMILES string of the molecule is Cc1ccc(C(Cc2ccccc2Br)C(=O)O)nn1. The molecule has 0 saturated heterocycles. The van der Waals surface area contributed by atoms with Gasteiger partial charge in [-0.05, 0) is 37.1 Å². The quantitative estimate of drug-likeness (QED) is 0.940. The highest BCUT2D eigenvalue weighted by molar-refractivity contribution is 9.10. The Hall–Kier alpha value is -1.75. The van der Waals surface area contributed by atoms with Gasteiger partial charge < -0.3 is 5.11 Å². The summed E-state index contributed by atoms with van der Waals surface area (Å²) < 4.78 is 0.904. The first-order valence-electron chi connectivity index (χ1n) is 5.84. The van der Waals surface area contributed by atoms with Gasteiger partial charge in [0, 0.05) is 4.47 Å². The highest BCUT2D eigenvalue weighted by atomic mass is 79.9. The van der Waals surface area contributed by atoms with E-state index in [2.05, 4.69) is 26.1 Å². The molecule has 0 aliphatic rings. The fourth-order valence-electron chi connectivity index (χ4n) is 1.80. The smallest absolute Gasteiger partial charge is 0.313 e. The molecule has 4 nitrogen and oxygen atoms in total. The summed E-state index contributed by atoms with van der Waals surface area (Å²) in [5, 5.41) is 17.3. The van der Waals surface area contributed by atoms with Gasteiger partial charge in [-0.1, -0.05) is 34.1 Å². The molecule has 0 saturated carbocycles. The number of halogens is 1. The van der Waals surface area contributed by atoms with Crippen LogP contribution in [0.2, 0.25) is 0 Å². The zero-order valence-corrected chi connectivity index (χ0v) is 12.0. The molecule has 0 amide bonds. The molecule has 1 aromatic heterocycles. The van der Waals surface area contributed by atoms with E-state index in [0.29, 0.717) is 12.1 Å². The number of rotatable bonds is 4. The van der Waals surface area contributed by atoms with Crippen LogP contribution in [0.4, 0.5) is 0 Å². The fourth-order valence-corrected chi connectivity index (χ4v) is 2.24. The number of aliphatic carboxylic acids is 1. The monoisotopic (exact) mass is 320 g/mol. The topological polar surface area (TPSA) is 63.1 Å². The van der Waals surface area contributed by atoms with Crippen LogP contribution in [0.3, 0.4) is 0 Å². The van der Waals surface area contributed by atoms with Crippen molar-refractivity contribution in [2.75, 3.05) is 0 Å². The second-order valence-corrected chi connectivity index (χ2v) is 5.14. The molecule has 1 heterocycles. The van der Waals surface area contributed by atoms with Gasteiger partial charge in [0.2, 0.25) is 0 Å². The lowest BCUT2D eigenvalue weighted by Gasteiger charge is -2.12. The van der Waals surface area contributed by atoms with Crippen LogP contribution in [0.25, 0.3) is 0 Å². The molecule has 0 aliphatic heterocycles. The zero-order chi connectivity index (χ0) is 13.8. The van der Waals surface area contributed by atoms with Gasteiger partial charge in [0.15, 0.2) is 0 Å². The normalized spacial score (nSPS) is 12.1. The molecule has 98 valence electrons. The Kier molecular flexibility index (Phi) is 4.27. The Morgan fingerprint density at radius 2 is 2.00 bits per heavy atom. The highest BCUT2D eigenvalue weighted by Crippen LogP contribution is 2.24. The van der Waals surface area contributed by atoms with Gasteiger partial charge in [0.25, 0.3) is 0 Å². The fraction of sp³-hybridized carbons (Fsp3) is 0.214. The van der Waals surface area contributed by atoms with Crippen molar-refractivity contribution in [2.45, 2.75) is 19.3 Å². The summed E-state index contributed by atoms with van der Waals surface area (Å²) in [5.41, 5.74) is 2.19. The highest BCUT2D eigenvalue weighted by Gasteiger charge is 2.23. The van der Waals surface area contributed by atoms with E-state index in [-0.39, 0.29) is 0 Å². The lowest BCUT2D eigenvalue weighted by atomic mass is 9.96. The lowest BCUT2D eigenvalue weighted by molar-refractivity contribution is -0.138. The summed E-state index contributed by atoms with van der Waals surface area (Å²) in [5.74, 6) is -1.58. The maximum absolute atomic E-state index is 11.4. The third kappa shape index (κ3) is 3.38. The molecule has 0 spiro atoms. The van der Waals surface area contributed by atoms with E-state index in [1.807, 2.05) is 31.2 Å². The van der Waals surface area contributed by atoms with Gasteiger partial charge in [0.05, 0.1) is 11.4 Å². The summed E-state index contributed by atoms with van der Waals surface area (Å²) in [6.45, 7) is 1.82. The minimum absolute atomic E-state index is 0.383. The first-order valence-corrected chi connectivity index (χ1v) is 6.63. The number of carboxylic acid groups (broad SMARTS) is 1. The molecule has 1 unspecified atom stereocenters. The summed E-state index contributed by atoms with van der Waals surface area (Å²) in [6.07, 6.45) is 0.383. The minimum Gasteiger partial charge on any atom is -0.481 e. The number of nitrogens with zero attached hydrogens (tertiary/aromatic N) is 2. The molecule has 2 rings (SSSR count). The summed E-state index contributed by atoms with van der Waals surface area (Å²) in [4.78, 5) is 11.4.